The third-order valence-corrected chi connectivity index (χ3v) is 5.93. The summed E-state index contributed by atoms with van der Waals surface area (Å²) in [5.74, 6) is -2.54. The van der Waals surface area contributed by atoms with Gasteiger partial charge >= 0.3 is 12.1 Å². The largest absolute Gasteiger partial charge is 0.471 e. The fraction of sp³-hybridized carbons (Fsp3) is 0.524. The third-order valence-electron chi connectivity index (χ3n) is 5.93. The first-order valence-electron chi connectivity index (χ1n) is 10.6. The lowest BCUT2D eigenvalue weighted by molar-refractivity contribution is -0.159. The fourth-order valence-corrected chi connectivity index (χ4v) is 4.36. The maximum absolute atomic E-state index is 13.2. The maximum atomic E-state index is 13.2. The molecule has 1 aromatic carbocycles. The molecule has 1 aliphatic carbocycles. The number of alkyl halides is 5. The van der Waals surface area contributed by atoms with Gasteiger partial charge in [-0.25, -0.2) is 8.78 Å². The lowest BCUT2D eigenvalue weighted by atomic mass is 9.89. The van der Waals surface area contributed by atoms with Crippen LogP contribution in [0.25, 0.3) is 11.4 Å². The molecular formula is C21H21F5N4O3. The molecule has 178 valence electrons. The number of amides is 2. The highest BCUT2D eigenvalue weighted by atomic mass is 19.4. The van der Waals surface area contributed by atoms with Crippen molar-refractivity contribution in [1.29, 1.82) is 0 Å². The topological polar surface area (TPSA) is 88.3 Å². The normalized spacial score (nSPS) is 20.9. The first-order chi connectivity index (χ1) is 15.6. The number of halogens is 5. The van der Waals surface area contributed by atoms with E-state index in [9.17, 15) is 31.5 Å². The standard InChI is InChI=1S/C21H21F5N4O3/c22-16(23)7-8-17(31)27-14-3-1-2-4-15(14)30-10-12-6-5-11(9-13(12)19(30)32)18-28-20(33-29-18)21(24,25)26/h5-6,9,14-16H,1-4,7-8,10H2,(H,27,31)/t14-,15-/m1/s1. The van der Waals surface area contributed by atoms with Gasteiger partial charge in [-0.15, -0.1) is 0 Å². The SMILES string of the molecule is O=C(CCC(F)F)N[C@@H]1CCCC[C@H]1N1Cc2ccc(-c3noc(C(F)(F)F)n3)cc2C1=O. The van der Waals surface area contributed by atoms with Gasteiger partial charge in [0.1, 0.15) is 0 Å². The molecule has 33 heavy (non-hydrogen) atoms. The van der Waals surface area contributed by atoms with Gasteiger partial charge in [-0.05, 0) is 24.5 Å². The molecule has 2 amide bonds. The van der Waals surface area contributed by atoms with E-state index in [0.29, 0.717) is 24.0 Å². The van der Waals surface area contributed by atoms with E-state index in [-0.39, 0.29) is 42.3 Å². The Bertz CT molecular complexity index is 1040. The molecule has 7 nitrogen and oxygen atoms in total. The van der Waals surface area contributed by atoms with Gasteiger partial charge in [0.25, 0.3) is 5.91 Å². The minimum absolute atomic E-state index is 0.212. The van der Waals surface area contributed by atoms with Crippen LogP contribution in [0.4, 0.5) is 22.0 Å². The molecule has 1 aromatic heterocycles. The number of carbonyl (C=O) groups is 2. The highest BCUT2D eigenvalue weighted by Gasteiger charge is 2.40. The number of aromatic nitrogens is 2. The van der Waals surface area contributed by atoms with E-state index in [1.165, 1.54) is 12.1 Å². The summed E-state index contributed by atoms with van der Waals surface area (Å²) in [4.78, 5) is 30.2. The lowest BCUT2D eigenvalue weighted by Gasteiger charge is -2.38. The number of carbonyl (C=O) groups excluding carboxylic acids is 2. The number of hydrogen-bond acceptors (Lipinski definition) is 5. The molecule has 4 rings (SSSR count). The molecule has 0 unspecified atom stereocenters. The van der Waals surface area contributed by atoms with Gasteiger partial charge in [-0.3, -0.25) is 9.59 Å². The van der Waals surface area contributed by atoms with Crippen molar-refractivity contribution in [1.82, 2.24) is 20.4 Å². The quantitative estimate of drug-likeness (QED) is 0.638. The predicted octanol–water partition coefficient (Wildman–Crippen LogP) is 4.18. The molecule has 2 atom stereocenters. The van der Waals surface area contributed by atoms with E-state index in [0.717, 1.165) is 12.8 Å². The Balaban J connectivity index is 1.50. The van der Waals surface area contributed by atoms with Crippen molar-refractivity contribution in [2.24, 2.45) is 0 Å². The highest BCUT2D eigenvalue weighted by Crippen LogP contribution is 2.34. The zero-order valence-corrected chi connectivity index (χ0v) is 17.4. The lowest BCUT2D eigenvalue weighted by Crippen LogP contribution is -2.53. The van der Waals surface area contributed by atoms with Gasteiger partial charge in [0.15, 0.2) is 0 Å². The molecule has 1 saturated carbocycles. The fourth-order valence-electron chi connectivity index (χ4n) is 4.36. The Morgan fingerprint density at radius 2 is 2.00 bits per heavy atom. The van der Waals surface area contributed by atoms with Crippen LogP contribution in [0, 0.1) is 0 Å². The van der Waals surface area contributed by atoms with Crippen LogP contribution >= 0.6 is 0 Å². The number of fused-ring (bicyclic) bond motifs is 1. The van der Waals surface area contributed by atoms with Crippen molar-refractivity contribution >= 4 is 11.8 Å². The van der Waals surface area contributed by atoms with Crippen molar-refractivity contribution in [3.63, 3.8) is 0 Å². The van der Waals surface area contributed by atoms with Crippen LogP contribution in [0.15, 0.2) is 22.7 Å². The van der Waals surface area contributed by atoms with E-state index >= 15 is 0 Å². The predicted molar refractivity (Wildman–Crippen MR) is 104 cm³/mol. The second-order valence-electron chi connectivity index (χ2n) is 8.18. The maximum Gasteiger partial charge on any atom is 0.471 e. The van der Waals surface area contributed by atoms with Gasteiger partial charge in [-0.2, -0.15) is 18.2 Å². The number of nitrogens with zero attached hydrogens (tertiary/aromatic N) is 3. The van der Waals surface area contributed by atoms with Crippen LogP contribution in [0.2, 0.25) is 0 Å². The Morgan fingerprint density at radius 3 is 2.70 bits per heavy atom. The Labute approximate surface area is 185 Å². The molecule has 1 N–H and O–H groups in total. The van der Waals surface area contributed by atoms with Gasteiger partial charge < -0.3 is 14.7 Å². The minimum atomic E-state index is -4.77. The van der Waals surface area contributed by atoms with Crippen molar-refractivity contribution in [2.75, 3.05) is 0 Å². The van der Waals surface area contributed by atoms with Crippen LogP contribution in [-0.4, -0.2) is 45.4 Å². The number of nitrogens with one attached hydrogen (secondary N) is 1. The zero-order valence-electron chi connectivity index (χ0n) is 17.4. The summed E-state index contributed by atoms with van der Waals surface area (Å²) in [7, 11) is 0. The Kier molecular flexibility index (Phi) is 6.35. The molecule has 0 saturated heterocycles. The Hall–Kier alpha value is -3.05. The van der Waals surface area contributed by atoms with E-state index in [1.54, 1.807) is 11.0 Å². The molecule has 2 heterocycles. The van der Waals surface area contributed by atoms with Gasteiger partial charge in [0, 0.05) is 36.6 Å². The first kappa shape index (κ1) is 23.1. The van der Waals surface area contributed by atoms with E-state index < -0.39 is 30.8 Å². The molecule has 0 radical (unpaired) electrons. The minimum Gasteiger partial charge on any atom is -0.351 e. The number of benzene rings is 1. The second kappa shape index (κ2) is 9.06. The Morgan fingerprint density at radius 1 is 1.24 bits per heavy atom. The van der Waals surface area contributed by atoms with Crippen molar-refractivity contribution in [3.8, 4) is 11.4 Å². The molecule has 2 aromatic rings. The molecule has 2 aliphatic rings. The zero-order chi connectivity index (χ0) is 23.8. The average molecular weight is 472 g/mol. The summed E-state index contributed by atoms with van der Waals surface area (Å²) in [5, 5.41) is 6.15. The summed E-state index contributed by atoms with van der Waals surface area (Å²) < 4.78 is 67.3. The van der Waals surface area contributed by atoms with E-state index in [2.05, 4.69) is 20.0 Å². The van der Waals surface area contributed by atoms with Crippen LogP contribution in [0.1, 0.15) is 60.3 Å². The summed E-state index contributed by atoms with van der Waals surface area (Å²) >= 11 is 0. The number of rotatable bonds is 6. The van der Waals surface area contributed by atoms with Gasteiger partial charge in [-0.1, -0.05) is 30.1 Å². The molecule has 1 aliphatic heterocycles. The van der Waals surface area contributed by atoms with E-state index in [1.807, 2.05) is 0 Å². The molecule has 0 spiro atoms. The van der Waals surface area contributed by atoms with Crippen LogP contribution in [0.3, 0.4) is 0 Å². The van der Waals surface area contributed by atoms with Gasteiger partial charge in [0.05, 0.1) is 6.04 Å². The van der Waals surface area contributed by atoms with Crippen molar-refractivity contribution in [2.45, 2.75) is 69.8 Å². The van der Waals surface area contributed by atoms with Crippen LogP contribution < -0.4 is 5.32 Å². The summed E-state index contributed by atoms with van der Waals surface area (Å²) in [6.07, 6.45) is -5.18. The molecule has 12 heteroatoms. The molecular weight excluding hydrogens is 451 g/mol. The second-order valence-corrected chi connectivity index (χ2v) is 8.18. The van der Waals surface area contributed by atoms with Gasteiger partial charge in [0.2, 0.25) is 18.2 Å². The van der Waals surface area contributed by atoms with Crippen molar-refractivity contribution in [3.05, 3.63) is 35.2 Å². The summed E-state index contributed by atoms with van der Waals surface area (Å²) in [5.41, 5.74) is 1.22. The average Bonchev–Trinajstić information content (AvgIpc) is 3.38. The van der Waals surface area contributed by atoms with E-state index in [4.69, 9.17) is 0 Å². The molecule has 1 fully saturated rings. The first-order valence-corrected chi connectivity index (χ1v) is 10.6. The number of hydrogen-bond donors (Lipinski definition) is 1. The van der Waals surface area contributed by atoms with Crippen molar-refractivity contribution < 1.29 is 36.1 Å². The third kappa shape index (κ3) is 4.98. The summed E-state index contributed by atoms with van der Waals surface area (Å²) in [6, 6.07) is 3.92. The smallest absolute Gasteiger partial charge is 0.351 e. The molecule has 0 bridgehead atoms. The monoisotopic (exact) mass is 472 g/mol. The summed E-state index contributed by atoms with van der Waals surface area (Å²) in [6.45, 7) is 0.280. The van der Waals surface area contributed by atoms with Crippen LogP contribution in [0.5, 0.6) is 0 Å². The van der Waals surface area contributed by atoms with Crippen LogP contribution in [-0.2, 0) is 17.5 Å². The highest BCUT2D eigenvalue weighted by molar-refractivity contribution is 5.99.